The Labute approximate surface area is 203 Å². The van der Waals surface area contributed by atoms with Crippen LogP contribution in [0.2, 0.25) is 0 Å². The maximum atomic E-state index is 14.4. The van der Waals surface area contributed by atoms with Gasteiger partial charge in [0.2, 0.25) is 5.95 Å². The van der Waals surface area contributed by atoms with Gasteiger partial charge in [-0.3, -0.25) is 0 Å². The van der Waals surface area contributed by atoms with Crippen molar-refractivity contribution in [3.05, 3.63) is 36.0 Å². The van der Waals surface area contributed by atoms with E-state index in [1.165, 1.54) is 18.2 Å². The molecule has 11 heteroatoms. The number of nitrogens with two attached hydrogens (primary N) is 1. The normalized spacial score (nSPS) is 25.3. The fourth-order valence-corrected chi connectivity index (χ4v) is 5.33. The first-order chi connectivity index (χ1) is 17.0. The van der Waals surface area contributed by atoms with E-state index in [-0.39, 0.29) is 30.4 Å². The Hall–Kier alpha value is -2.76. The molecule has 9 nitrogen and oxygen atoms in total. The van der Waals surface area contributed by atoms with E-state index >= 15 is 0 Å². The number of anilines is 4. The number of halogens is 2. The summed E-state index contributed by atoms with van der Waals surface area (Å²) in [6.07, 6.45) is 7.82. The molecule has 2 heterocycles. The fraction of sp³-hybridized carbons (Fsp3) is 0.583. The van der Waals surface area contributed by atoms with Crippen LogP contribution in [0.1, 0.15) is 51.4 Å². The van der Waals surface area contributed by atoms with Crippen molar-refractivity contribution in [2.75, 3.05) is 27.4 Å². The van der Waals surface area contributed by atoms with Gasteiger partial charge in [0.05, 0.1) is 18.0 Å². The third-order valence-electron chi connectivity index (χ3n) is 7.10. The lowest BCUT2D eigenvalue weighted by atomic mass is 9.93. The summed E-state index contributed by atoms with van der Waals surface area (Å²) in [5.41, 5.74) is 6.00. The lowest BCUT2D eigenvalue weighted by Gasteiger charge is -2.33. The van der Waals surface area contributed by atoms with Gasteiger partial charge in [-0.25, -0.2) is 13.8 Å². The Morgan fingerprint density at radius 1 is 1.11 bits per heavy atom. The fourth-order valence-electron chi connectivity index (χ4n) is 5.33. The van der Waals surface area contributed by atoms with Gasteiger partial charge in [0.1, 0.15) is 17.3 Å². The summed E-state index contributed by atoms with van der Waals surface area (Å²) >= 11 is 0. The summed E-state index contributed by atoms with van der Waals surface area (Å²) in [4.78, 5) is 11.4. The summed E-state index contributed by atoms with van der Waals surface area (Å²) in [6.45, 7) is 0.0894. The Morgan fingerprint density at radius 3 is 2.51 bits per heavy atom. The maximum absolute atomic E-state index is 14.4. The molecule has 2 aliphatic carbocycles. The van der Waals surface area contributed by atoms with Gasteiger partial charge in [-0.15, -0.1) is 0 Å². The number of aliphatic hydroxyl groups is 1. The van der Waals surface area contributed by atoms with Gasteiger partial charge in [-0.05, 0) is 50.7 Å². The molecule has 1 aliphatic heterocycles. The SMILES string of the molecule is NCC(O)OC1CCC(Nc2ncc3c(n2)N(C2CCCC2)C(Nc2c(F)cccc2F)N3)CC1. The quantitative estimate of drug-likeness (QED) is 0.356. The molecule has 2 fully saturated rings. The van der Waals surface area contributed by atoms with Crippen LogP contribution in [0, 0.1) is 11.6 Å². The highest BCUT2D eigenvalue weighted by atomic mass is 19.1. The van der Waals surface area contributed by atoms with Crippen LogP contribution in [0.3, 0.4) is 0 Å². The van der Waals surface area contributed by atoms with Crippen molar-refractivity contribution in [2.45, 2.75) is 82.1 Å². The third-order valence-corrected chi connectivity index (χ3v) is 7.10. The minimum absolute atomic E-state index is 0.000192. The van der Waals surface area contributed by atoms with Crippen LogP contribution in [0.25, 0.3) is 0 Å². The minimum Gasteiger partial charge on any atom is -0.367 e. The highest BCUT2D eigenvalue weighted by molar-refractivity contribution is 5.74. The number of ether oxygens (including phenoxy) is 1. The van der Waals surface area contributed by atoms with E-state index in [0.717, 1.165) is 62.9 Å². The monoisotopic (exact) mass is 489 g/mol. The molecule has 1 aromatic heterocycles. The smallest absolute Gasteiger partial charge is 0.224 e. The molecule has 2 unspecified atom stereocenters. The van der Waals surface area contributed by atoms with Gasteiger partial charge < -0.3 is 36.4 Å². The lowest BCUT2D eigenvalue weighted by Crippen LogP contribution is -2.47. The summed E-state index contributed by atoms with van der Waals surface area (Å²) in [5.74, 6) is -0.0216. The lowest BCUT2D eigenvalue weighted by molar-refractivity contribution is -0.137. The molecule has 0 amide bonds. The first kappa shape index (κ1) is 24.0. The molecule has 35 heavy (non-hydrogen) atoms. The Kier molecular flexibility index (Phi) is 7.17. The molecule has 190 valence electrons. The van der Waals surface area contributed by atoms with Gasteiger partial charge in [-0.1, -0.05) is 18.9 Å². The van der Waals surface area contributed by atoms with E-state index in [2.05, 4.69) is 25.8 Å². The first-order valence-electron chi connectivity index (χ1n) is 12.4. The highest BCUT2D eigenvalue weighted by Crippen LogP contribution is 2.39. The number of fused-ring (bicyclic) bond motifs is 1. The van der Waals surface area contributed by atoms with Gasteiger partial charge >= 0.3 is 0 Å². The predicted molar refractivity (Wildman–Crippen MR) is 130 cm³/mol. The molecule has 3 aliphatic rings. The zero-order chi connectivity index (χ0) is 24.4. The Balaban J connectivity index is 1.30. The summed E-state index contributed by atoms with van der Waals surface area (Å²) in [5, 5.41) is 19.4. The van der Waals surface area contributed by atoms with Crippen LogP contribution in [-0.2, 0) is 4.74 Å². The molecule has 1 aromatic carbocycles. The van der Waals surface area contributed by atoms with Crippen LogP contribution in [0.5, 0.6) is 0 Å². The van der Waals surface area contributed by atoms with Crippen molar-refractivity contribution in [2.24, 2.45) is 5.73 Å². The molecule has 0 spiro atoms. The van der Waals surface area contributed by atoms with Crippen molar-refractivity contribution in [1.29, 1.82) is 0 Å². The Bertz CT molecular complexity index is 995. The standard InChI is InChI=1S/C24H33F2N7O2/c25-17-6-3-7-18(26)21(17)31-24-30-19-13-28-23(32-22(19)33(24)15-4-1-2-5-15)29-14-8-10-16(11-9-14)35-20(34)12-27/h3,6-7,13-16,20,24,30-31,34H,1-2,4-5,8-12,27H2,(H,28,29,32). The van der Waals surface area contributed by atoms with Crippen molar-refractivity contribution < 1.29 is 18.6 Å². The van der Waals surface area contributed by atoms with Crippen LogP contribution >= 0.6 is 0 Å². The average molecular weight is 490 g/mol. The number of para-hydroxylation sites is 1. The molecular formula is C24H33F2N7O2. The number of rotatable bonds is 8. The minimum atomic E-state index is -0.919. The van der Waals surface area contributed by atoms with E-state index in [0.29, 0.717) is 5.95 Å². The van der Waals surface area contributed by atoms with Crippen molar-refractivity contribution >= 4 is 23.1 Å². The van der Waals surface area contributed by atoms with Gasteiger partial charge in [0, 0.05) is 18.6 Å². The number of aliphatic hydroxyl groups excluding tert-OH is 1. The van der Waals surface area contributed by atoms with Crippen LogP contribution in [0.15, 0.2) is 24.4 Å². The molecule has 5 rings (SSSR count). The van der Waals surface area contributed by atoms with Gasteiger partial charge in [-0.2, -0.15) is 4.98 Å². The summed E-state index contributed by atoms with van der Waals surface area (Å²) < 4.78 is 34.3. The first-order valence-corrected chi connectivity index (χ1v) is 12.4. The molecule has 0 radical (unpaired) electrons. The van der Waals surface area contributed by atoms with Crippen LogP contribution in [-0.4, -0.2) is 52.4 Å². The summed E-state index contributed by atoms with van der Waals surface area (Å²) in [7, 11) is 0. The zero-order valence-electron chi connectivity index (χ0n) is 19.6. The van der Waals surface area contributed by atoms with E-state index < -0.39 is 24.2 Å². The molecule has 6 N–H and O–H groups in total. The van der Waals surface area contributed by atoms with E-state index in [4.69, 9.17) is 15.5 Å². The van der Waals surface area contributed by atoms with Crippen LogP contribution < -0.4 is 26.6 Å². The Morgan fingerprint density at radius 2 is 1.83 bits per heavy atom. The van der Waals surface area contributed by atoms with E-state index in [9.17, 15) is 13.9 Å². The average Bonchev–Trinajstić information content (AvgIpc) is 3.50. The number of nitrogens with zero attached hydrogens (tertiary/aromatic N) is 3. The number of benzene rings is 1. The molecule has 2 atom stereocenters. The van der Waals surface area contributed by atoms with E-state index in [1.54, 1.807) is 6.20 Å². The number of aromatic nitrogens is 2. The molecule has 0 saturated heterocycles. The topological polar surface area (TPSA) is 121 Å². The number of hydrogen-bond donors (Lipinski definition) is 5. The van der Waals surface area contributed by atoms with Crippen molar-refractivity contribution in [3.63, 3.8) is 0 Å². The van der Waals surface area contributed by atoms with Gasteiger partial charge in [0.25, 0.3) is 0 Å². The molecule has 0 bridgehead atoms. The second kappa shape index (κ2) is 10.5. The predicted octanol–water partition coefficient (Wildman–Crippen LogP) is 3.34. The number of nitrogens with one attached hydrogen (secondary N) is 3. The highest BCUT2D eigenvalue weighted by Gasteiger charge is 2.38. The zero-order valence-corrected chi connectivity index (χ0v) is 19.6. The van der Waals surface area contributed by atoms with E-state index in [1.807, 2.05) is 0 Å². The summed E-state index contributed by atoms with van der Waals surface area (Å²) in [6, 6.07) is 4.24. The second-order valence-electron chi connectivity index (χ2n) is 9.51. The molecule has 2 saturated carbocycles. The third kappa shape index (κ3) is 5.26. The molecule has 2 aromatic rings. The maximum Gasteiger partial charge on any atom is 0.224 e. The second-order valence-corrected chi connectivity index (χ2v) is 9.51. The van der Waals surface area contributed by atoms with Crippen molar-refractivity contribution in [3.8, 4) is 0 Å². The van der Waals surface area contributed by atoms with Crippen molar-refractivity contribution in [1.82, 2.24) is 9.97 Å². The van der Waals surface area contributed by atoms with Gasteiger partial charge in [0.15, 0.2) is 18.4 Å². The molecular weight excluding hydrogens is 456 g/mol. The number of hydrogen-bond acceptors (Lipinski definition) is 9. The van der Waals surface area contributed by atoms with Crippen LogP contribution in [0.4, 0.5) is 31.9 Å². The largest absolute Gasteiger partial charge is 0.367 e.